The van der Waals surface area contributed by atoms with Gasteiger partial charge in [-0.2, -0.15) is 0 Å². The summed E-state index contributed by atoms with van der Waals surface area (Å²) in [5.41, 5.74) is 9.59. The molecule has 0 bridgehead atoms. The van der Waals surface area contributed by atoms with Crippen molar-refractivity contribution in [2.24, 2.45) is 22.0 Å². The molecule has 0 aromatic rings. The molecule has 8 heteroatoms. The molecule has 102 valence electrons. The van der Waals surface area contributed by atoms with Gasteiger partial charge in [0.25, 0.3) is 0 Å². The Kier molecular flexibility index (Phi) is 4.75. The van der Waals surface area contributed by atoms with Gasteiger partial charge in [0.2, 0.25) is 5.91 Å². The number of amidine groups is 1. The van der Waals surface area contributed by atoms with Crippen LogP contribution >= 0.6 is 0 Å². The predicted molar refractivity (Wildman–Crippen MR) is 64.9 cm³/mol. The smallest absolute Gasteiger partial charge is 0.312 e. The maximum absolute atomic E-state index is 12.1. The Balaban J connectivity index is 2.54. The second-order valence-electron chi connectivity index (χ2n) is 4.32. The van der Waals surface area contributed by atoms with Crippen molar-refractivity contribution in [2.75, 3.05) is 13.1 Å². The Morgan fingerprint density at radius 1 is 1.17 bits per heavy atom. The molecule has 1 saturated carbocycles. The predicted octanol–water partition coefficient (Wildman–Crippen LogP) is -0.922. The summed E-state index contributed by atoms with van der Waals surface area (Å²) in [6, 6.07) is -0.642. The molecule has 1 aliphatic carbocycles. The third-order valence-electron chi connectivity index (χ3n) is 3.20. The molecule has 0 spiro atoms. The standard InChI is InChI=1S/C10H19N5O3/c11-7(15-18)10(3-1-2-4-10)8(16)13-5-6-14-9(12)17/h18H,1-6H2,(H2,11,15)(H,13,16)(H3,12,14,17). The van der Waals surface area contributed by atoms with E-state index < -0.39 is 11.4 Å². The van der Waals surface area contributed by atoms with E-state index in [0.29, 0.717) is 12.8 Å². The molecule has 0 atom stereocenters. The third kappa shape index (κ3) is 3.02. The van der Waals surface area contributed by atoms with Crippen LogP contribution in [0.4, 0.5) is 4.79 Å². The highest BCUT2D eigenvalue weighted by Gasteiger charge is 2.45. The highest BCUT2D eigenvalue weighted by molar-refractivity contribution is 6.07. The quantitative estimate of drug-likeness (QED) is 0.143. The fourth-order valence-corrected chi connectivity index (χ4v) is 2.20. The van der Waals surface area contributed by atoms with Crippen LogP contribution in [0, 0.1) is 5.41 Å². The lowest BCUT2D eigenvalue weighted by Gasteiger charge is -2.25. The van der Waals surface area contributed by atoms with Gasteiger partial charge in [0.05, 0.1) is 0 Å². The van der Waals surface area contributed by atoms with Gasteiger partial charge in [0, 0.05) is 13.1 Å². The number of carbonyl (C=O) groups is 2. The van der Waals surface area contributed by atoms with E-state index in [9.17, 15) is 9.59 Å². The normalized spacial score (nSPS) is 18.3. The lowest BCUT2D eigenvalue weighted by Crippen LogP contribution is -2.49. The highest BCUT2D eigenvalue weighted by atomic mass is 16.4. The molecular weight excluding hydrogens is 238 g/mol. The van der Waals surface area contributed by atoms with Crippen LogP contribution in [-0.4, -0.2) is 36.1 Å². The zero-order chi connectivity index (χ0) is 13.6. The number of carbonyl (C=O) groups excluding carboxylic acids is 2. The van der Waals surface area contributed by atoms with Crippen LogP contribution in [0.1, 0.15) is 25.7 Å². The fourth-order valence-electron chi connectivity index (χ4n) is 2.20. The number of nitrogens with one attached hydrogen (secondary N) is 2. The molecule has 7 N–H and O–H groups in total. The number of amides is 3. The maximum atomic E-state index is 12.1. The first-order chi connectivity index (χ1) is 8.53. The molecule has 0 radical (unpaired) electrons. The molecule has 0 aromatic heterocycles. The van der Waals surface area contributed by atoms with E-state index in [1.54, 1.807) is 0 Å². The van der Waals surface area contributed by atoms with Crippen molar-refractivity contribution in [3.05, 3.63) is 0 Å². The zero-order valence-corrected chi connectivity index (χ0v) is 10.1. The molecule has 3 amide bonds. The Morgan fingerprint density at radius 2 is 1.72 bits per heavy atom. The molecule has 0 unspecified atom stereocenters. The van der Waals surface area contributed by atoms with Crippen LogP contribution in [0.3, 0.4) is 0 Å². The van der Waals surface area contributed by atoms with Gasteiger partial charge < -0.3 is 27.3 Å². The molecule has 0 saturated heterocycles. The number of hydrogen-bond acceptors (Lipinski definition) is 4. The van der Waals surface area contributed by atoms with E-state index >= 15 is 0 Å². The molecule has 1 aliphatic rings. The van der Waals surface area contributed by atoms with Crippen LogP contribution in [0.25, 0.3) is 0 Å². The van der Waals surface area contributed by atoms with Crippen LogP contribution in [-0.2, 0) is 4.79 Å². The summed E-state index contributed by atoms with van der Waals surface area (Å²) >= 11 is 0. The minimum atomic E-state index is -0.915. The average Bonchev–Trinajstić information content (AvgIpc) is 2.83. The summed E-state index contributed by atoms with van der Waals surface area (Å²) in [7, 11) is 0. The monoisotopic (exact) mass is 257 g/mol. The summed E-state index contributed by atoms with van der Waals surface area (Å²) < 4.78 is 0. The molecule has 18 heavy (non-hydrogen) atoms. The summed E-state index contributed by atoms with van der Waals surface area (Å²) in [4.78, 5) is 22.5. The van der Waals surface area contributed by atoms with Crippen LogP contribution in [0.15, 0.2) is 5.16 Å². The van der Waals surface area contributed by atoms with E-state index in [1.165, 1.54) is 0 Å². The Morgan fingerprint density at radius 3 is 2.22 bits per heavy atom. The van der Waals surface area contributed by atoms with Crippen molar-refractivity contribution < 1.29 is 14.8 Å². The van der Waals surface area contributed by atoms with Crippen LogP contribution in [0.5, 0.6) is 0 Å². The molecule has 1 fully saturated rings. The van der Waals surface area contributed by atoms with Gasteiger partial charge in [0.1, 0.15) is 5.41 Å². The number of nitrogens with zero attached hydrogens (tertiary/aromatic N) is 1. The van der Waals surface area contributed by atoms with Crippen molar-refractivity contribution >= 4 is 17.8 Å². The molecule has 0 aliphatic heterocycles. The summed E-state index contributed by atoms with van der Waals surface area (Å²) in [5, 5.41) is 16.7. The Labute approximate surface area is 105 Å². The molecule has 1 rings (SSSR count). The van der Waals surface area contributed by atoms with Crippen molar-refractivity contribution in [1.29, 1.82) is 0 Å². The molecule has 0 aromatic carbocycles. The number of nitrogens with two attached hydrogens (primary N) is 2. The van der Waals surface area contributed by atoms with Crippen molar-refractivity contribution in [3.63, 3.8) is 0 Å². The highest BCUT2D eigenvalue weighted by Crippen LogP contribution is 2.38. The van der Waals surface area contributed by atoms with E-state index in [4.69, 9.17) is 16.7 Å². The summed E-state index contributed by atoms with van der Waals surface area (Å²) in [6.07, 6.45) is 2.86. The molecule has 0 heterocycles. The number of rotatable bonds is 5. The number of urea groups is 1. The first kappa shape index (κ1) is 14.1. The van der Waals surface area contributed by atoms with Gasteiger partial charge in [-0.05, 0) is 12.8 Å². The number of hydrogen-bond donors (Lipinski definition) is 5. The lowest BCUT2D eigenvalue weighted by atomic mass is 9.84. The van der Waals surface area contributed by atoms with Gasteiger partial charge in [-0.25, -0.2) is 4.79 Å². The molecular formula is C10H19N5O3. The Hall–Kier alpha value is -1.99. The largest absolute Gasteiger partial charge is 0.409 e. The van der Waals surface area contributed by atoms with Gasteiger partial charge >= 0.3 is 6.03 Å². The lowest BCUT2D eigenvalue weighted by molar-refractivity contribution is -0.127. The fraction of sp³-hybridized carbons (Fsp3) is 0.700. The van der Waals surface area contributed by atoms with Gasteiger partial charge in [0.15, 0.2) is 5.84 Å². The van der Waals surface area contributed by atoms with Gasteiger partial charge in [-0.1, -0.05) is 18.0 Å². The van der Waals surface area contributed by atoms with E-state index in [-0.39, 0.29) is 24.8 Å². The maximum Gasteiger partial charge on any atom is 0.312 e. The SMILES string of the molecule is NC(=O)NCCNC(=O)C1(C(N)=NO)CCCC1. The number of oxime groups is 1. The second kappa shape index (κ2) is 6.08. The van der Waals surface area contributed by atoms with Crippen LogP contribution < -0.4 is 22.1 Å². The van der Waals surface area contributed by atoms with Crippen molar-refractivity contribution in [3.8, 4) is 0 Å². The summed E-state index contributed by atoms with van der Waals surface area (Å²) in [6.45, 7) is 0.496. The first-order valence-corrected chi connectivity index (χ1v) is 5.82. The zero-order valence-electron chi connectivity index (χ0n) is 10.1. The minimum absolute atomic E-state index is 0.0552. The number of primary amides is 1. The van der Waals surface area contributed by atoms with Crippen LogP contribution in [0.2, 0.25) is 0 Å². The van der Waals surface area contributed by atoms with E-state index in [1.807, 2.05) is 0 Å². The summed E-state index contributed by atoms with van der Waals surface area (Å²) in [5.74, 6) is -0.332. The first-order valence-electron chi connectivity index (χ1n) is 5.82. The topological polar surface area (TPSA) is 143 Å². The Bertz CT molecular complexity index is 349. The third-order valence-corrected chi connectivity index (χ3v) is 3.20. The van der Waals surface area contributed by atoms with E-state index in [0.717, 1.165) is 12.8 Å². The minimum Gasteiger partial charge on any atom is -0.409 e. The van der Waals surface area contributed by atoms with Gasteiger partial charge in [-0.15, -0.1) is 0 Å². The van der Waals surface area contributed by atoms with Crippen molar-refractivity contribution in [1.82, 2.24) is 10.6 Å². The average molecular weight is 257 g/mol. The second-order valence-corrected chi connectivity index (χ2v) is 4.32. The van der Waals surface area contributed by atoms with E-state index in [2.05, 4.69) is 15.8 Å². The molecule has 8 nitrogen and oxygen atoms in total. The van der Waals surface area contributed by atoms with Gasteiger partial charge in [-0.3, -0.25) is 4.79 Å². The van der Waals surface area contributed by atoms with Crippen molar-refractivity contribution in [2.45, 2.75) is 25.7 Å².